The SMILES string of the molecule is C=C(CC)/C(Cc1cccc(C)c1F)=C(\CN1CC(F)(F)C2C(C=NN2C)S1)NC(=N)C1=NCCS1. The molecule has 4 rings (SSSR count). The van der Waals surface area contributed by atoms with Crippen molar-refractivity contribution in [2.75, 3.05) is 32.4 Å². The van der Waals surface area contributed by atoms with Crippen molar-refractivity contribution >= 4 is 40.8 Å². The second-order valence-corrected chi connectivity index (χ2v) is 11.4. The monoisotopic (exact) mass is 536 g/mol. The number of halogens is 3. The predicted octanol–water partition coefficient (Wildman–Crippen LogP) is 4.88. The Bertz CT molecular complexity index is 1130. The van der Waals surface area contributed by atoms with Crippen LogP contribution in [-0.4, -0.2) is 76.1 Å². The zero-order valence-corrected chi connectivity index (χ0v) is 22.3. The Morgan fingerprint density at radius 1 is 1.36 bits per heavy atom. The van der Waals surface area contributed by atoms with Crippen LogP contribution < -0.4 is 5.32 Å². The molecule has 0 bridgehead atoms. The number of hydrogen-bond donors (Lipinski definition) is 2. The molecule has 3 aliphatic heterocycles. The fourth-order valence-electron chi connectivity index (χ4n) is 4.54. The van der Waals surface area contributed by atoms with Crippen LogP contribution in [0.25, 0.3) is 0 Å². The lowest BCUT2D eigenvalue weighted by Crippen LogP contribution is -2.57. The summed E-state index contributed by atoms with van der Waals surface area (Å²) in [5.74, 6) is -2.36. The van der Waals surface area contributed by atoms with Crippen molar-refractivity contribution in [3.8, 4) is 0 Å². The molecule has 2 N–H and O–H groups in total. The van der Waals surface area contributed by atoms with Gasteiger partial charge in [-0.15, -0.1) is 11.8 Å². The van der Waals surface area contributed by atoms with Crippen molar-refractivity contribution in [3.05, 3.63) is 58.6 Å². The van der Waals surface area contributed by atoms with E-state index in [1.54, 1.807) is 42.7 Å². The number of aliphatic imine (C=N–C) groups is 1. The smallest absolute Gasteiger partial charge is 0.284 e. The average Bonchev–Trinajstić information content (AvgIpc) is 3.49. The number of thioether (sulfide) groups is 1. The van der Waals surface area contributed by atoms with E-state index in [0.29, 0.717) is 34.8 Å². The van der Waals surface area contributed by atoms with E-state index in [4.69, 9.17) is 5.41 Å². The van der Waals surface area contributed by atoms with Crippen LogP contribution in [0.1, 0.15) is 24.5 Å². The molecular weight excluding hydrogens is 505 g/mol. The lowest BCUT2D eigenvalue weighted by atomic mass is 9.94. The molecule has 3 heterocycles. The number of benzene rings is 1. The summed E-state index contributed by atoms with van der Waals surface area (Å²) in [5.41, 5.74) is 3.08. The second-order valence-electron chi connectivity index (χ2n) is 9.09. The van der Waals surface area contributed by atoms with E-state index in [9.17, 15) is 4.39 Å². The maximum Gasteiger partial charge on any atom is 0.284 e. The lowest BCUT2D eigenvalue weighted by molar-refractivity contribution is -0.0795. The Kier molecular flexibility index (Phi) is 8.21. The molecule has 0 amide bonds. The molecule has 0 aliphatic carbocycles. The number of amidine groups is 1. The highest BCUT2D eigenvalue weighted by Crippen LogP contribution is 2.41. The number of alkyl halides is 2. The highest BCUT2D eigenvalue weighted by molar-refractivity contribution is 8.16. The molecule has 0 radical (unpaired) electrons. The first-order valence-corrected chi connectivity index (χ1v) is 13.7. The number of nitrogens with one attached hydrogen (secondary N) is 2. The van der Waals surface area contributed by atoms with E-state index >= 15 is 8.78 Å². The van der Waals surface area contributed by atoms with Gasteiger partial charge in [0.1, 0.15) is 16.9 Å². The molecule has 2 atom stereocenters. The highest BCUT2D eigenvalue weighted by atomic mass is 32.2. The summed E-state index contributed by atoms with van der Waals surface area (Å²) in [4.78, 5) is 4.37. The van der Waals surface area contributed by atoms with Gasteiger partial charge in [-0.2, -0.15) is 5.10 Å². The predicted molar refractivity (Wildman–Crippen MR) is 145 cm³/mol. The molecular formula is C25H31F3N6S2. The van der Waals surface area contributed by atoms with Crippen LogP contribution in [0.2, 0.25) is 0 Å². The van der Waals surface area contributed by atoms with Crippen LogP contribution in [0.15, 0.2) is 51.7 Å². The van der Waals surface area contributed by atoms with Crippen LogP contribution >= 0.6 is 23.7 Å². The van der Waals surface area contributed by atoms with Crippen molar-refractivity contribution in [2.45, 2.75) is 43.9 Å². The van der Waals surface area contributed by atoms with Crippen molar-refractivity contribution in [3.63, 3.8) is 0 Å². The third-order valence-electron chi connectivity index (χ3n) is 6.47. The quantitative estimate of drug-likeness (QED) is 0.215. The molecule has 194 valence electrons. The summed E-state index contributed by atoms with van der Waals surface area (Å²) in [6.07, 6.45) is 2.40. The van der Waals surface area contributed by atoms with Gasteiger partial charge in [-0.25, -0.2) is 17.5 Å². The summed E-state index contributed by atoms with van der Waals surface area (Å²) in [5, 5.41) is 17.3. The van der Waals surface area contributed by atoms with Crippen molar-refractivity contribution in [1.29, 1.82) is 5.41 Å². The molecule has 11 heteroatoms. The van der Waals surface area contributed by atoms with Crippen molar-refractivity contribution in [2.24, 2.45) is 10.1 Å². The number of allylic oxidation sites excluding steroid dienone is 2. The summed E-state index contributed by atoms with van der Waals surface area (Å²) >= 11 is 2.80. The van der Waals surface area contributed by atoms with Crippen molar-refractivity contribution < 1.29 is 13.2 Å². The van der Waals surface area contributed by atoms with Crippen LogP contribution in [0.4, 0.5) is 13.2 Å². The first-order valence-electron chi connectivity index (χ1n) is 11.8. The minimum absolute atomic E-state index is 0.114. The molecule has 0 spiro atoms. The van der Waals surface area contributed by atoms with Gasteiger partial charge in [0.25, 0.3) is 5.92 Å². The molecule has 1 saturated heterocycles. The second kappa shape index (κ2) is 11.0. The van der Waals surface area contributed by atoms with Gasteiger partial charge in [0, 0.05) is 44.2 Å². The molecule has 1 aromatic rings. The highest BCUT2D eigenvalue weighted by Gasteiger charge is 2.54. The van der Waals surface area contributed by atoms with Crippen LogP contribution in [0.3, 0.4) is 0 Å². The lowest BCUT2D eigenvalue weighted by Gasteiger charge is -2.41. The first kappa shape index (κ1) is 26.8. The molecule has 36 heavy (non-hydrogen) atoms. The van der Waals surface area contributed by atoms with Gasteiger partial charge in [0.05, 0.1) is 11.8 Å². The van der Waals surface area contributed by atoms with Crippen molar-refractivity contribution in [1.82, 2.24) is 14.6 Å². The Hall–Kier alpha value is -2.24. The fraction of sp³-hybridized carbons (Fsp3) is 0.480. The van der Waals surface area contributed by atoms with E-state index in [2.05, 4.69) is 22.0 Å². The molecule has 6 nitrogen and oxygen atoms in total. The molecule has 1 fully saturated rings. The van der Waals surface area contributed by atoms with Gasteiger partial charge < -0.3 is 5.32 Å². The number of hydrazone groups is 1. The van der Waals surface area contributed by atoms with E-state index in [1.165, 1.54) is 28.7 Å². The number of rotatable bonds is 8. The largest absolute Gasteiger partial charge is 0.341 e. The number of fused-ring (bicyclic) bond motifs is 1. The van der Waals surface area contributed by atoms with Crippen LogP contribution in [0, 0.1) is 18.2 Å². The maximum absolute atomic E-state index is 15.1. The topological polar surface area (TPSA) is 67.1 Å². The summed E-state index contributed by atoms with van der Waals surface area (Å²) < 4.78 is 46.9. The minimum Gasteiger partial charge on any atom is -0.341 e. The van der Waals surface area contributed by atoms with Gasteiger partial charge in [0.15, 0.2) is 5.84 Å². The van der Waals surface area contributed by atoms with Gasteiger partial charge in [0.2, 0.25) is 0 Å². The van der Waals surface area contributed by atoms with E-state index in [1.807, 2.05) is 6.92 Å². The van der Waals surface area contributed by atoms with E-state index in [-0.39, 0.29) is 24.6 Å². The van der Waals surface area contributed by atoms with Gasteiger partial charge in [-0.1, -0.05) is 49.2 Å². The normalized spacial score (nSPS) is 23.8. The van der Waals surface area contributed by atoms with Crippen LogP contribution in [-0.2, 0) is 6.42 Å². The number of nitrogens with zero attached hydrogens (tertiary/aromatic N) is 4. The summed E-state index contributed by atoms with van der Waals surface area (Å²) in [7, 11) is 1.57. The van der Waals surface area contributed by atoms with Crippen LogP contribution in [0.5, 0.6) is 0 Å². The Labute approximate surface area is 218 Å². The Morgan fingerprint density at radius 2 is 2.14 bits per heavy atom. The van der Waals surface area contributed by atoms with Gasteiger partial charge in [-0.3, -0.25) is 15.4 Å². The fourth-order valence-corrected chi connectivity index (χ4v) is 6.69. The minimum atomic E-state index is -2.98. The summed E-state index contributed by atoms with van der Waals surface area (Å²) in [6.45, 7) is 8.15. The molecule has 0 aromatic heterocycles. The van der Waals surface area contributed by atoms with Gasteiger partial charge >= 0.3 is 0 Å². The van der Waals surface area contributed by atoms with E-state index in [0.717, 1.165) is 16.9 Å². The number of aryl methyl sites for hydroxylation is 1. The molecule has 3 aliphatic rings. The summed E-state index contributed by atoms with van der Waals surface area (Å²) in [6, 6.07) is 4.25. The average molecular weight is 537 g/mol. The zero-order chi connectivity index (χ0) is 26.0. The first-order chi connectivity index (χ1) is 17.1. The molecule has 2 unspecified atom stereocenters. The molecule has 1 aromatic carbocycles. The van der Waals surface area contributed by atoms with E-state index < -0.39 is 23.8 Å². The standard InChI is InChI=1S/C25H31F3N6S2/c1-5-15(2)18(11-17-8-6-7-16(3)21(17)26)19(32-23(29)24-30-9-10-35-24)13-34-14-25(27,28)22-20(36-34)12-31-33(22)4/h6-8,12,20,22H,2,5,9-11,13-14H2,1,3-4H3,(H2,29,32)/b19-18+. The Balaban J connectivity index is 1.70. The third-order valence-corrected chi connectivity index (χ3v) is 8.64. The Morgan fingerprint density at radius 3 is 2.83 bits per heavy atom. The third kappa shape index (κ3) is 5.68. The molecule has 0 saturated carbocycles. The maximum atomic E-state index is 15.1. The zero-order valence-electron chi connectivity index (χ0n) is 20.7. The number of hydrogen-bond acceptors (Lipinski definition) is 7. The van der Waals surface area contributed by atoms with Gasteiger partial charge in [-0.05, 0) is 30.0 Å².